The lowest BCUT2D eigenvalue weighted by atomic mass is 10.1. The molecule has 0 aromatic carbocycles. The van der Waals surface area contributed by atoms with Gasteiger partial charge < -0.3 is 20.7 Å². The molecule has 9 heteroatoms. The Hall–Kier alpha value is -1.19. The van der Waals surface area contributed by atoms with Crippen LogP contribution in [0.25, 0.3) is 0 Å². The van der Waals surface area contributed by atoms with E-state index in [0.717, 1.165) is 30.2 Å². The van der Waals surface area contributed by atoms with Gasteiger partial charge in [-0.2, -0.15) is 0 Å². The number of hydrogen-bond donors (Lipinski definition) is 3. The second-order valence-electron chi connectivity index (χ2n) is 5.82. The number of hydrogen-bond acceptors (Lipinski definition) is 7. The number of methoxy groups -OCH3 is 1. The number of carbonyl (C=O) groups is 3. The predicted octanol–water partition coefficient (Wildman–Crippen LogP) is 1.25. The molecule has 1 fully saturated rings. The summed E-state index contributed by atoms with van der Waals surface area (Å²) in [4.78, 5) is 33.9. The molecular formula is C17H29N3O4S2. The topological polar surface area (TPSA) is 96.5 Å². The van der Waals surface area contributed by atoms with Gasteiger partial charge in [-0.25, -0.2) is 4.79 Å². The van der Waals surface area contributed by atoms with Gasteiger partial charge in [-0.3, -0.25) is 9.59 Å². The largest absolute Gasteiger partial charge is 0.466 e. The van der Waals surface area contributed by atoms with Crippen LogP contribution in [0.3, 0.4) is 0 Å². The Morgan fingerprint density at radius 3 is 2.54 bits per heavy atom. The summed E-state index contributed by atoms with van der Waals surface area (Å²) in [5.74, 6) is 0.448. The van der Waals surface area contributed by atoms with Crippen LogP contribution in [0.5, 0.6) is 0 Å². The van der Waals surface area contributed by atoms with Gasteiger partial charge in [-0.15, -0.1) is 0 Å². The Labute approximate surface area is 163 Å². The minimum absolute atomic E-state index is 0.0986. The van der Waals surface area contributed by atoms with Crippen LogP contribution in [0, 0.1) is 0 Å². The number of esters is 1. The molecule has 26 heavy (non-hydrogen) atoms. The number of nitrogens with one attached hydrogen (secondary N) is 3. The van der Waals surface area contributed by atoms with Gasteiger partial charge in [-0.1, -0.05) is 28.0 Å². The number of unbranched alkanes of at least 4 members (excludes halogenated alkanes) is 1. The molecule has 1 rings (SSSR count). The maximum Gasteiger partial charge on any atom is 0.330 e. The van der Waals surface area contributed by atoms with E-state index >= 15 is 0 Å². The molecule has 1 atom stereocenters. The second-order valence-corrected chi connectivity index (χ2v) is 8.61. The summed E-state index contributed by atoms with van der Waals surface area (Å²) in [6.07, 6.45) is 7.38. The summed E-state index contributed by atoms with van der Waals surface area (Å²) in [6, 6.07) is 0. The van der Waals surface area contributed by atoms with Crippen LogP contribution in [0.4, 0.5) is 0 Å². The van der Waals surface area contributed by atoms with E-state index in [1.165, 1.54) is 25.7 Å². The summed E-state index contributed by atoms with van der Waals surface area (Å²) in [7, 11) is 5.20. The van der Waals surface area contributed by atoms with Crippen LogP contribution in [-0.2, 0) is 19.1 Å². The third-order valence-electron chi connectivity index (χ3n) is 3.70. The molecule has 1 aliphatic rings. The number of rotatable bonds is 13. The first-order chi connectivity index (χ1) is 12.6. The van der Waals surface area contributed by atoms with Gasteiger partial charge in [0.15, 0.2) is 0 Å². The molecule has 1 saturated heterocycles. The quantitative estimate of drug-likeness (QED) is 0.184. The second kappa shape index (κ2) is 14.9. The van der Waals surface area contributed by atoms with Crippen LogP contribution >= 0.6 is 21.6 Å². The van der Waals surface area contributed by atoms with Gasteiger partial charge in [-0.05, 0) is 19.3 Å². The molecule has 2 amide bonds. The van der Waals surface area contributed by atoms with Crippen molar-refractivity contribution >= 4 is 39.4 Å². The lowest BCUT2D eigenvalue weighted by Gasteiger charge is -2.08. The third-order valence-corrected chi connectivity index (χ3v) is 6.71. The Bertz CT molecular complexity index is 469. The zero-order valence-electron chi connectivity index (χ0n) is 15.3. The van der Waals surface area contributed by atoms with E-state index in [1.807, 2.05) is 21.6 Å². The molecule has 0 unspecified atom stereocenters. The molecule has 0 spiro atoms. The lowest BCUT2D eigenvalue weighted by Crippen LogP contribution is -2.36. The first-order valence-corrected chi connectivity index (χ1v) is 11.3. The van der Waals surface area contributed by atoms with Crippen molar-refractivity contribution < 1.29 is 19.1 Å². The van der Waals surface area contributed by atoms with E-state index in [4.69, 9.17) is 0 Å². The van der Waals surface area contributed by atoms with Crippen LogP contribution < -0.4 is 16.0 Å². The average Bonchev–Trinajstić information content (AvgIpc) is 3.15. The minimum Gasteiger partial charge on any atom is -0.466 e. The number of carbonyl (C=O) groups excluding carboxylic acids is 3. The molecule has 1 aliphatic heterocycles. The van der Waals surface area contributed by atoms with E-state index in [9.17, 15) is 14.4 Å². The molecule has 3 N–H and O–H groups in total. The van der Waals surface area contributed by atoms with Crippen LogP contribution in [0.2, 0.25) is 0 Å². The van der Waals surface area contributed by atoms with Crippen LogP contribution in [-0.4, -0.2) is 62.1 Å². The highest BCUT2D eigenvalue weighted by Crippen LogP contribution is 2.39. The molecule has 7 nitrogen and oxygen atoms in total. The van der Waals surface area contributed by atoms with Gasteiger partial charge in [0, 0.05) is 55.8 Å². The zero-order chi connectivity index (χ0) is 19.0. The van der Waals surface area contributed by atoms with Gasteiger partial charge in [0.25, 0.3) is 0 Å². The Morgan fingerprint density at radius 2 is 1.85 bits per heavy atom. The van der Waals surface area contributed by atoms with Crippen molar-refractivity contribution in [1.82, 2.24) is 16.0 Å². The van der Waals surface area contributed by atoms with Gasteiger partial charge in [0.2, 0.25) is 11.8 Å². The van der Waals surface area contributed by atoms with Gasteiger partial charge >= 0.3 is 5.97 Å². The first kappa shape index (κ1) is 22.9. The molecule has 0 bridgehead atoms. The number of ether oxygens (including phenoxy) is 1. The Morgan fingerprint density at radius 1 is 1.08 bits per heavy atom. The third kappa shape index (κ3) is 12.2. The van der Waals surface area contributed by atoms with Crippen molar-refractivity contribution in [1.29, 1.82) is 0 Å². The highest BCUT2D eigenvalue weighted by Gasteiger charge is 2.15. The summed E-state index contributed by atoms with van der Waals surface area (Å²) in [6.45, 7) is 2.25. The van der Waals surface area contributed by atoms with Crippen molar-refractivity contribution in [2.75, 3.05) is 39.0 Å². The molecular weight excluding hydrogens is 374 g/mol. The SMILES string of the molecule is COC(=O)C=CC(=O)NCCNCCNC(=O)CCCC[C@@H]1CCSS1. The summed E-state index contributed by atoms with van der Waals surface area (Å²) < 4.78 is 4.39. The molecule has 0 radical (unpaired) electrons. The van der Waals surface area contributed by atoms with E-state index in [2.05, 4.69) is 20.7 Å². The van der Waals surface area contributed by atoms with E-state index in [-0.39, 0.29) is 11.8 Å². The Kier molecular flexibility index (Phi) is 13.1. The van der Waals surface area contributed by atoms with Crippen molar-refractivity contribution in [2.45, 2.75) is 37.4 Å². The van der Waals surface area contributed by atoms with Crippen molar-refractivity contribution in [3.05, 3.63) is 12.2 Å². The van der Waals surface area contributed by atoms with E-state index in [1.54, 1.807) is 0 Å². The average molecular weight is 404 g/mol. The Balaban J connectivity index is 1.87. The fourth-order valence-electron chi connectivity index (χ4n) is 2.27. The standard InChI is InChI=1S/C17H29N3O4S2/c1-24-17(23)7-6-16(22)20-12-10-18-9-11-19-15(21)5-3-2-4-14-8-13-25-26-14/h6-7,14,18H,2-5,8-13H2,1H3,(H,19,21)(H,20,22)/t14-/m1/s1. The molecule has 148 valence electrons. The smallest absolute Gasteiger partial charge is 0.330 e. The lowest BCUT2D eigenvalue weighted by molar-refractivity contribution is -0.135. The van der Waals surface area contributed by atoms with Crippen LogP contribution in [0.15, 0.2) is 12.2 Å². The maximum absolute atomic E-state index is 11.7. The maximum atomic E-state index is 11.7. The number of amides is 2. The first-order valence-electron chi connectivity index (χ1n) is 8.91. The highest BCUT2D eigenvalue weighted by atomic mass is 33.1. The fraction of sp³-hybridized carbons (Fsp3) is 0.706. The normalized spacial score (nSPS) is 16.6. The molecule has 0 aliphatic carbocycles. The van der Waals surface area contributed by atoms with E-state index < -0.39 is 5.97 Å². The predicted molar refractivity (Wildman–Crippen MR) is 107 cm³/mol. The van der Waals surface area contributed by atoms with Crippen molar-refractivity contribution in [3.8, 4) is 0 Å². The zero-order valence-corrected chi connectivity index (χ0v) is 16.9. The summed E-state index contributed by atoms with van der Waals surface area (Å²) >= 11 is 0. The van der Waals surface area contributed by atoms with E-state index in [0.29, 0.717) is 32.6 Å². The minimum atomic E-state index is -0.564. The molecule has 0 aromatic rings. The van der Waals surface area contributed by atoms with Gasteiger partial charge in [0.05, 0.1) is 7.11 Å². The van der Waals surface area contributed by atoms with Gasteiger partial charge in [0.1, 0.15) is 0 Å². The monoisotopic (exact) mass is 403 g/mol. The van der Waals surface area contributed by atoms with Crippen LogP contribution in [0.1, 0.15) is 32.1 Å². The highest BCUT2D eigenvalue weighted by molar-refractivity contribution is 8.77. The molecule has 0 saturated carbocycles. The summed E-state index contributed by atoms with van der Waals surface area (Å²) in [5.41, 5.74) is 0. The van der Waals surface area contributed by atoms with Crippen molar-refractivity contribution in [2.24, 2.45) is 0 Å². The fourth-order valence-corrected chi connectivity index (χ4v) is 5.30. The molecule has 1 heterocycles. The van der Waals surface area contributed by atoms with Crippen molar-refractivity contribution in [3.63, 3.8) is 0 Å². The molecule has 0 aromatic heterocycles. The summed E-state index contributed by atoms with van der Waals surface area (Å²) in [5, 5.41) is 9.43.